The Hall–Kier alpha value is -2.09. The van der Waals surface area contributed by atoms with E-state index >= 15 is 0 Å². The largest absolute Gasteiger partial charge is 0.507 e. The van der Waals surface area contributed by atoms with Crippen molar-refractivity contribution < 1.29 is 24.2 Å². The molecule has 2 rings (SSSR count). The van der Waals surface area contributed by atoms with Gasteiger partial charge in [-0.1, -0.05) is 35.7 Å². The summed E-state index contributed by atoms with van der Waals surface area (Å²) in [4.78, 5) is 35.5. The van der Waals surface area contributed by atoms with E-state index in [1.807, 2.05) is 0 Å². The van der Waals surface area contributed by atoms with E-state index in [0.717, 1.165) is 25.7 Å². The van der Waals surface area contributed by atoms with Crippen LogP contribution in [0.2, 0.25) is 0 Å². The lowest BCUT2D eigenvalue weighted by Crippen LogP contribution is -2.48. The molecule has 0 saturated heterocycles. The van der Waals surface area contributed by atoms with Gasteiger partial charge in [0, 0.05) is 10.5 Å². The number of phenolic OH excluding ortho intramolecular Hbond substituents is 1. The second-order valence-corrected chi connectivity index (χ2v) is 7.04. The van der Waals surface area contributed by atoms with Crippen molar-refractivity contribution in [3.63, 3.8) is 0 Å². The van der Waals surface area contributed by atoms with Gasteiger partial charge >= 0.3 is 12.0 Å². The van der Waals surface area contributed by atoms with E-state index in [1.54, 1.807) is 6.07 Å². The van der Waals surface area contributed by atoms with E-state index < -0.39 is 24.5 Å². The number of hydrogen-bond acceptors (Lipinski definition) is 5. The van der Waals surface area contributed by atoms with Gasteiger partial charge in [0.1, 0.15) is 11.3 Å². The second kappa shape index (κ2) is 8.84. The average Bonchev–Trinajstić information content (AvgIpc) is 2.57. The highest BCUT2D eigenvalue weighted by Crippen LogP contribution is 2.24. The number of benzene rings is 1. The van der Waals surface area contributed by atoms with Gasteiger partial charge < -0.3 is 15.2 Å². The number of esters is 1. The van der Waals surface area contributed by atoms with Crippen LogP contribution in [0.1, 0.15) is 43.0 Å². The van der Waals surface area contributed by atoms with Crippen molar-refractivity contribution in [1.82, 2.24) is 10.6 Å². The van der Waals surface area contributed by atoms with Gasteiger partial charge in [0.05, 0.1) is 0 Å². The Morgan fingerprint density at radius 1 is 1.28 bits per heavy atom. The Balaban J connectivity index is 1.79. The fourth-order valence-electron chi connectivity index (χ4n) is 2.78. The van der Waals surface area contributed by atoms with Gasteiger partial charge in [0.2, 0.25) is 0 Å². The molecule has 7 nitrogen and oxygen atoms in total. The van der Waals surface area contributed by atoms with Crippen LogP contribution in [0.4, 0.5) is 4.79 Å². The smallest absolute Gasteiger partial charge is 0.342 e. The molecule has 136 valence electrons. The highest BCUT2D eigenvalue weighted by atomic mass is 79.9. The van der Waals surface area contributed by atoms with Crippen molar-refractivity contribution >= 4 is 33.8 Å². The van der Waals surface area contributed by atoms with E-state index in [0.29, 0.717) is 10.4 Å². The summed E-state index contributed by atoms with van der Waals surface area (Å²) in [6.45, 7) is 1.45. The molecule has 0 bridgehead atoms. The minimum atomic E-state index is -0.852. The van der Waals surface area contributed by atoms with E-state index in [-0.39, 0.29) is 17.4 Å². The first kappa shape index (κ1) is 19.2. The van der Waals surface area contributed by atoms with Gasteiger partial charge in [-0.3, -0.25) is 10.1 Å². The molecule has 25 heavy (non-hydrogen) atoms. The number of imide groups is 1. The molecule has 2 atom stereocenters. The third-order valence-corrected chi connectivity index (χ3v) is 4.69. The van der Waals surface area contributed by atoms with Crippen LogP contribution in [0.25, 0.3) is 0 Å². The van der Waals surface area contributed by atoms with E-state index in [9.17, 15) is 19.5 Å². The number of carbonyl (C=O) groups is 3. The molecule has 0 aromatic heterocycles. The lowest BCUT2D eigenvalue weighted by Gasteiger charge is -2.29. The van der Waals surface area contributed by atoms with Crippen LogP contribution in [-0.2, 0) is 9.53 Å². The molecule has 3 amide bonds. The molecule has 8 heteroatoms. The molecule has 0 radical (unpaired) electrons. The number of halogens is 1. The van der Waals surface area contributed by atoms with Crippen molar-refractivity contribution in [3.05, 3.63) is 28.2 Å². The molecule has 1 fully saturated rings. The summed E-state index contributed by atoms with van der Waals surface area (Å²) in [5, 5.41) is 14.6. The average molecular weight is 413 g/mol. The van der Waals surface area contributed by atoms with Crippen LogP contribution in [0.3, 0.4) is 0 Å². The zero-order valence-electron chi connectivity index (χ0n) is 13.9. The van der Waals surface area contributed by atoms with Crippen molar-refractivity contribution in [1.29, 1.82) is 0 Å². The number of carbonyl (C=O) groups excluding carboxylic acids is 3. The monoisotopic (exact) mass is 412 g/mol. The predicted octanol–water partition coefficient (Wildman–Crippen LogP) is 2.72. The maximum absolute atomic E-state index is 11.9. The summed E-state index contributed by atoms with van der Waals surface area (Å²) < 4.78 is 5.41. The SMILES string of the molecule is C[C@H]1CCCC[C@H]1NC(=O)NC(=O)COC(=O)c1cc(Br)ccc1O. The molecule has 0 aliphatic heterocycles. The molecular formula is C17H21BrN2O5. The zero-order valence-corrected chi connectivity index (χ0v) is 15.5. The molecular weight excluding hydrogens is 392 g/mol. The summed E-state index contributed by atoms with van der Waals surface area (Å²) >= 11 is 3.18. The number of rotatable bonds is 4. The minimum absolute atomic E-state index is 0.0442. The lowest BCUT2D eigenvalue weighted by atomic mass is 9.86. The van der Waals surface area contributed by atoms with Gasteiger partial charge in [-0.25, -0.2) is 9.59 Å². The molecule has 0 unspecified atom stereocenters. The van der Waals surface area contributed by atoms with Crippen LogP contribution in [0, 0.1) is 5.92 Å². The van der Waals surface area contributed by atoms with E-state index in [2.05, 4.69) is 33.5 Å². The quantitative estimate of drug-likeness (QED) is 0.659. The summed E-state index contributed by atoms with van der Waals surface area (Å²) in [5.41, 5.74) is -0.0670. The van der Waals surface area contributed by atoms with Crippen LogP contribution in [0.5, 0.6) is 5.75 Å². The summed E-state index contributed by atoms with van der Waals surface area (Å²) in [5.74, 6) is -1.47. The summed E-state index contributed by atoms with van der Waals surface area (Å²) in [6, 6.07) is 3.73. The van der Waals surface area contributed by atoms with Crippen molar-refractivity contribution in [2.45, 2.75) is 38.6 Å². The Morgan fingerprint density at radius 2 is 2.00 bits per heavy atom. The van der Waals surface area contributed by atoms with Crippen molar-refractivity contribution in [2.24, 2.45) is 5.92 Å². The molecule has 1 aliphatic rings. The number of phenols is 1. The third kappa shape index (κ3) is 5.74. The van der Waals surface area contributed by atoms with Gasteiger partial charge in [0.25, 0.3) is 5.91 Å². The topological polar surface area (TPSA) is 105 Å². The number of hydrogen-bond donors (Lipinski definition) is 3. The number of ether oxygens (including phenoxy) is 1. The van der Waals surface area contributed by atoms with Crippen molar-refractivity contribution in [2.75, 3.05) is 6.61 Å². The molecule has 0 spiro atoms. The number of urea groups is 1. The van der Waals surface area contributed by atoms with Crippen LogP contribution in [-0.4, -0.2) is 35.7 Å². The number of amides is 3. The fraction of sp³-hybridized carbons (Fsp3) is 0.471. The Bertz CT molecular complexity index is 664. The minimum Gasteiger partial charge on any atom is -0.507 e. The van der Waals surface area contributed by atoms with Gasteiger partial charge in [-0.2, -0.15) is 0 Å². The maximum Gasteiger partial charge on any atom is 0.342 e. The highest BCUT2D eigenvalue weighted by Gasteiger charge is 2.23. The first-order valence-electron chi connectivity index (χ1n) is 8.13. The molecule has 1 aromatic carbocycles. The van der Waals surface area contributed by atoms with E-state index in [1.165, 1.54) is 12.1 Å². The normalized spacial score (nSPS) is 19.8. The second-order valence-electron chi connectivity index (χ2n) is 6.13. The molecule has 3 N–H and O–H groups in total. The standard InChI is InChI=1S/C17H21BrN2O5/c1-10-4-2-3-5-13(10)19-17(24)20-15(22)9-25-16(23)12-8-11(18)6-7-14(12)21/h6-8,10,13,21H,2-5,9H2,1H3,(H2,19,20,22,24)/t10-,13+/m0/s1. The molecule has 1 aromatic rings. The Morgan fingerprint density at radius 3 is 2.72 bits per heavy atom. The van der Waals surface area contributed by atoms with Crippen LogP contribution in [0.15, 0.2) is 22.7 Å². The first-order valence-corrected chi connectivity index (χ1v) is 8.92. The van der Waals surface area contributed by atoms with Crippen LogP contribution >= 0.6 is 15.9 Å². The summed E-state index contributed by atoms with van der Waals surface area (Å²) in [6.07, 6.45) is 4.14. The molecule has 0 heterocycles. The van der Waals surface area contributed by atoms with Gasteiger partial charge in [-0.05, 0) is 37.0 Å². The lowest BCUT2D eigenvalue weighted by molar-refractivity contribution is -0.123. The fourth-order valence-corrected chi connectivity index (χ4v) is 3.14. The van der Waals surface area contributed by atoms with Gasteiger partial charge in [0.15, 0.2) is 6.61 Å². The highest BCUT2D eigenvalue weighted by molar-refractivity contribution is 9.10. The first-order chi connectivity index (χ1) is 11.9. The maximum atomic E-state index is 11.9. The van der Waals surface area contributed by atoms with Crippen LogP contribution < -0.4 is 10.6 Å². The van der Waals surface area contributed by atoms with Gasteiger partial charge in [-0.15, -0.1) is 0 Å². The van der Waals surface area contributed by atoms with E-state index in [4.69, 9.17) is 4.74 Å². The Labute approximate surface area is 154 Å². The Kier molecular flexibility index (Phi) is 6.81. The number of nitrogens with one attached hydrogen (secondary N) is 2. The molecule has 1 saturated carbocycles. The number of aromatic hydroxyl groups is 1. The predicted molar refractivity (Wildman–Crippen MR) is 94.2 cm³/mol. The van der Waals surface area contributed by atoms with Crippen molar-refractivity contribution in [3.8, 4) is 5.75 Å². The third-order valence-electron chi connectivity index (χ3n) is 4.19. The zero-order chi connectivity index (χ0) is 18.4. The summed E-state index contributed by atoms with van der Waals surface area (Å²) in [7, 11) is 0. The molecule has 1 aliphatic carbocycles.